The number of nitrogens with zero attached hydrogens (tertiary/aromatic N) is 2. The molecule has 0 saturated carbocycles. The van der Waals surface area contributed by atoms with Gasteiger partial charge in [0.2, 0.25) is 0 Å². The van der Waals surface area contributed by atoms with Crippen LogP contribution in [0.4, 0.5) is 5.82 Å². The van der Waals surface area contributed by atoms with E-state index in [1.54, 1.807) is 7.11 Å². The molecule has 1 rings (SSSR count). The minimum Gasteiger partial charge on any atom is -0.382 e. The highest BCUT2D eigenvalue weighted by molar-refractivity contribution is 9.10. The molecule has 0 aliphatic heterocycles. The van der Waals surface area contributed by atoms with Gasteiger partial charge in [-0.15, -0.1) is 0 Å². The molecule has 1 heterocycles. The molecule has 15 heavy (non-hydrogen) atoms. The third kappa shape index (κ3) is 3.59. The van der Waals surface area contributed by atoms with E-state index in [9.17, 15) is 0 Å². The minimum absolute atomic E-state index is 0.213. The lowest BCUT2D eigenvalue weighted by Gasteiger charge is -2.26. The van der Waals surface area contributed by atoms with E-state index in [-0.39, 0.29) is 5.54 Å². The topological polar surface area (TPSA) is 47.0 Å². The van der Waals surface area contributed by atoms with Gasteiger partial charge in [0.15, 0.2) is 0 Å². The Morgan fingerprint density at radius 1 is 1.53 bits per heavy atom. The van der Waals surface area contributed by atoms with Gasteiger partial charge in [0, 0.05) is 7.11 Å². The van der Waals surface area contributed by atoms with Gasteiger partial charge in [0.05, 0.1) is 16.6 Å². The fraction of sp³-hybridized carbons (Fsp3) is 0.556. The SMILES string of the molecule is COCC(C)(C)Nc1ncnc(Cl)c1Br. The summed E-state index contributed by atoms with van der Waals surface area (Å²) in [5.41, 5.74) is -0.213. The molecule has 0 spiro atoms. The van der Waals surface area contributed by atoms with E-state index in [2.05, 4.69) is 31.2 Å². The number of anilines is 1. The van der Waals surface area contributed by atoms with E-state index in [0.29, 0.717) is 22.1 Å². The van der Waals surface area contributed by atoms with Gasteiger partial charge in [0.25, 0.3) is 0 Å². The second-order valence-electron chi connectivity index (χ2n) is 3.77. The number of aromatic nitrogens is 2. The van der Waals surface area contributed by atoms with Crippen LogP contribution in [0, 0.1) is 0 Å². The Morgan fingerprint density at radius 3 is 2.80 bits per heavy atom. The zero-order valence-corrected chi connectivity index (χ0v) is 11.2. The summed E-state index contributed by atoms with van der Waals surface area (Å²) in [6, 6.07) is 0. The highest BCUT2D eigenvalue weighted by Gasteiger charge is 2.19. The smallest absolute Gasteiger partial charge is 0.148 e. The third-order valence-corrected chi connectivity index (χ3v) is 2.97. The van der Waals surface area contributed by atoms with Crippen LogP contribution in [0.3, 0.4) is 0 Å². The van der Waals surface area contributed by atoms with Crippen LogP contribution in [0.1, 0.15) is 13.8 Å². The summed E-state index contributed by atoms with van der Waals surface area (Å²) < 4.78 is 5.76. The standard InChI is InChI=1S/C9H13BrClN3O/c1-9(2,4-15-3)14-8-6(10)7(11)12-5-13-8/h5H,4H2,1-3H3,(H,12,13,14). The predicted molar refractivity (Wildman–Crippen MR) is 64.3 cm³/mol. The number of hydrogen-bond donors (Lipinski definition) is 1. The van der Waals surface area contributed by atoms with Crippen molar-refractivity contribution in [2.45, 2.75) is 19.4 Å². The highest BCUT2D eigenvalue weighted by Crippen LogP contribution is 2.28. The van der Waals surface area contributed by atoms with Crippen molar-refractivity contribution in [2.75, 3.05) is 19.0 Å². The first-order valence-corrected chi connectivity index (χ1v) is 5.56. The second-order valence-corrected chi connectivity index (χ2v) is 4.92. The van der Waals surface area contributed by atoms with E-state index in [1.807, 2.05) is 13.8 Å². The van der Waals surface area contributed by atoms with Crippen LogP contribution in [0.2, 0.25) is 5.15 Å². The quantitative estimate of drug-likeness (QED) is 0.868. The van der Waals surface area contributed by atoms with Gasteiger partial charge in [0.1, 0.15) is 17.3 Å². The van der Waals surface area contributed by atoms with Crippen molar-refractivity contribution in [3.63, 3.8) is 0 Å². The molecule has 1 aromatic rings. The number of hydrogen-bond acceptors (Lipinski definition) is 4. The average Bonchev–Trinajstić information content (AvgIpc) is 2.12. The zero-order chi connectivity index (χ0) is 11.5. The van der Waals surface area contributed by atoms with Crippen LogP contribution in [0.15, 0.2) is 10.8 Å². The number of halogens is 2. The zero-order valence-electron chi connectivity index (χ0n) is 8.84. The van der Waals surface area contributed by atoms with Crippen LogP contribution >= 0.6 is 27.5 Å². The molecular weight excluding hydrogens is 281 g/mol. The predicted octanol–water partition coefficient (Wildman–Crippen LogP) is 2.73. The number of methoxy groups -OCH3 is 1. The molecule has 0 aliphatic carbocycles. The van der Waals surface area contributed by atoms with Gasteiger partial charge in [-0.3, -0.25) is 0 Å². The van der Waals surface area contributed by atoms with Gasteiger partial charge < -0.3 is 10.1 Å². The minimum atomic E-state index is -0.213. The fourth-order valence-electron chi connectivity index (χ4n) is 1.15. The Morgan fingerprint density at radius 2 is 2.20 bits per heavy atom. The summed E-state index contributed by atoms with van der Waals surface area (Å²) in [6.45, 7) is 4.60. The summed E-state index contributed by atoms with van der Waals surface area (Å²) in [5, 5.41) is 3.61. The fourth-order valence-corrected chi connectivity index (χ4v) is 1.59. The molecule has 0 bridgehead atoms. The van der Waals surface area contributed by atoms with Crippen molar-refractivity contribution in [1.82, 2.24) is 9.97 Å². The third-order valence-electron chi connectivity index (χ3n) is 1.71. The first-order chi connectivity index (χ1) is 6.96. The van der Waals surface area contributed by atoms with Crippen LogP contribution in [0.25, 0.3) is 0 Å². The number of ether oxygens (including phenoxy) is 1. The Bertz CT molecular complexity index is 346. The molecule has 1 aromatic heterocycles. The largest absolute Gasteiger partial charge is 0.382 e. The lowest BCUT2D eigenvalue weighted by atomic mass is 10.1. The molecule has 0 aliphatic rings. The Balaban J connectivity index is 2.85. The maximum atomic E-state index is 5.85. The van der Waals surface area contributed by atoms with Gasteiger partial charge in [-0.05, 0) is 29.8 Å². The highest BCUT2D eigenvalue weighted by atomic mass is 79.9. The van der Waals surface area contributed by atoms with Crippen molar-refractivity contribution in [1.29, 1.82) is 0 Å². The summed E-state index contributed by atoms with van der Waals surface area (Å²) in [5.74, 6) is 0.664. The Hall–Kier alpha value is -0.390. The van der Waals surface area contributed by atoms with Crippen molar-refractivity contribution < 1.29 is 4.74 Å². The summed E-state index contributed by atoms with van der Waals surface area (Å²) >= 11 is 9.17. The molecule has 1 N–H and O–H groups in total. The van der Waals surface area contributed by atoms with Gasteiger partial charge in [-0.25, -0.2) is 9.97 Å². The Kier molecular flexibility index (Phi) is 4.31. The molecule has 0 radical (unpaired) electrons. The lowest BCUT2D eigenvalue weighted by molar-refractivity contribution is 0.158. The number of nitrogens with one attached hydrogen (secondary N) is 1. The molecule has 0 fully saturated rings. The summed E-state index contributed by atoms with van der Waals surface area (Å²) in [7, 11) is 1.66. The molecule has 6 heteroatoms. The monoisotopic (exact) mass is 293 g/mol. The molecular formula is C9H13BrClN3O. The van der Waals surface area contributed by atoms with Crippen LogP contribution in [0.5, 0.6) is 0 Å². The summed E-state index contributed by atoms with van der Waals surface area (Å²) in [4.78, 5) is 7.95. The summed E-state index contributed by atoms with van der Waals surface area (Å²) in [6.07, 6.45) is 1.41. The molecule has 0 atom stereocenters. The van der Waals surface area contributed by atoms with E-state index in [1.165, 1.54) is 6.33 Å². The molecule has 0 unspecified atom stereocenters. The van der Waals surface area contributed by atoms with Crippen LogP contribution in [-0.4, -0.2) is 29.2 Å². The van der Waals surface area contributed by atoms with Gasteiger partial charge in [-0.2, -0.15) is 0 Å². The first kappa shape index (κ1) is 12.7. The van der Waals surface area contributed by atoms with Crippen molar-refractivity contribution in [3.8, 4) is 0 Å². The Labute approximate surface area is 103 Å². The van der Waals surface area contributed by atoms with Crippen LogP contribution in [-0.2, 0) is 4.74 Å². The molecule has 0 saturated heterocycles. The molecule has 84 valence electrons. The van der Waals surface area contributed by atoms with Crippen molar-refractivity contribution in [2.24, 2.45) is 0 Å². The van der Waals surface area contributed by atoms with E-state index < -0.39 is 0 Å². The van der Waals surface area contributed by atoms with E-state index in [4.69, 9.17) is 16.3 Å². The molecule has 0 amide bonds. The first-order valence-electron chi connectivity index (χ1n) is 4.39. The van der Waals surface area contributed by atoms with E-state index in [0.717, 1.165) is 0 Å². The van der Waals surface area contributed by atoms with E-state index >= 15 is 0 Å². The maximum absolute atomic E-state index is 5.85. The normalized spacial score (nSPS) is 11.5. The lowest BCUT2D eigenvalue weighted by Crippen LogP contribution is -2.36. The molecule has 0 aromatic carbocycles. The van der Waals surface area contributed by atoms with Crippen molar-refractivity contribution >= 4 is 33.3 Å². The van der Waals surface area contributed by atoms with Crippen molar-refractivity contribution in [3.05, 3.63) is 16.0 Å². The van der Waals surface area contributed by atoms with Gasteiger partial charge >= 0.3 is 0 Å². The number of rotatable bonds is 4. The second kappa shape index (κ2) is 5.09. The maximum Gasteiger partial charge on any atom is 0.148 e. The van der Waals surface area contributed by atoms with Gasteiger partial charge in [-0.1, -0.05) is 11.6 Å². The average molecular weight is 295 g/mol. The van der Waals surface area contributed by atoms with Crippen LogP contribution < -0.4 is 5.32 Å². The molecule has 4 nitrogen and oxygen atoms in total.